The molecule has 3 rings (SSSR count). The lowest BCUT2D eigenvalue weighted by molar-refractivity contribution is -0.136. The molecule has 7 heteroatoms. The minimum absolute atomic E-state index is 0.311. The van der Waals surface area contributed by atoms with Gasteiger partial charge in [-0.15, -0.1) is 0 Å². The molecule has 4 nitrogen and oxygen atoms in total. The van der Waals surface area contributed by atoms with Gasteiger partial charge in [-0.05, 0) is 49.1 Å². The maximum Gasteiger partial charge on any atom is 0.418 e. The van der Waals surface area contributed by atoms with E-state index in [-0.39, 0.29) is 5.69 Å². The fourth-order valence-electron chi connectivity index (χ4n) is 3.18. The Morgan fingerprint density at radius 2 is 1.73 bits per heavy atom. The van der Waals surface area contributed by atoms with Crippen molar-refractivity contribution in [1.82, 2.24) is 0 Å². The van der Waals surface area contributed by atoms with Crippen LogP contribution in [0.5, 0.6) is 0 Å². The molecule has 0 aromatic heterocycles. The highest BCUT2D eigenvalue weighted by Crippen LogP contribution is 2.35. The normalized spacial score (nSPS) is 19.6. The van der Waals surface area contributed by atoms with Gasteiger partial charge in [0, 0.05) is 12.1 Å². The highest BCUT2D eigenvalue weighted by Gasteiger charge is 2.34. The number of carbonyl (C=O) groups excluding carboxylic acids is 1. The molecule has 0 fully saturated rings. The van der Waals surface area contributed by atoms with Crippen molar-refractivity contribution in [3.05, 3.63) is 59.2 Å². The molecule has 2 amide bonds. The van der Waals surface area contributed by atoms with Crippen LogP contribution in [0.1, 0.15) is 30.0 Å². The molecule has 1 aliphatic rings. The average molecular weight is 364 g/mol. The Morgan fingerprint density at radius 3 is 2.46 bits per heavy atom. The van der Waals surface area contributed by atoms with E-state index >= 15 is 0 Å². The van der Waals surface area contributed by atoms with E-state index < -0.39 is 23.4 Å². The second kappa shape index (κ2) is 6.64. The molecule has 0 aliphatic heterocycles. The van der Waals surface area contributed by atoms with Gasteiger partial charge >= 0.3 is 12.2 Å². The zero-order chi connectivity index (χ0) is 18.9. The lowest BCUT2D eigenvalue weighted by Crippen LogP contribution is -2.33. The van der Waals surface area contributed by atoms with Gasteiger partial charge in [-0.25, -0.2) is 4.79 Å². The number of alkyl halides is 3. The Hall–Kier alpha value is -2.54. The van der Waals surface area contributed by atoms with E-state index in [4.69, 9.17) is 0 Å². The molecule has 1 atom stereocenters. The fraction of sp³-hybridized carbons (Fsp3) is 0.316. The quantitative estimate of drug-likeness (QED) is 0.730. The largest absolute Gasteiger partial charge is 0.418 e. The number of halogens is 3. The van der Waals surface area contributed by atoms with Crippen LogP contribution in [-0.2, 0) is 19.0 Å². The third-order valence-electron chi connectivity index (χ3n) is 4.49. The highest BCUT2D eigenvalue weighted by atomic mass is 19.4. The predicted octanol–water partition coefficient (Wildman–Crippen LogP) is 4.59. The first-order valence-corrected chi connectivity index (χ1v) is 8.23. The number of amides is 2. The van der Waals surface area contributed by atoms with Crippen LogP contribution in [0.25, 0.3) is 0 Å². The van der Waals surface area contributed by atoms with Crippen LogP contribution in [0.15, 0.2) is 42.5 Å². The van der Waals surface area contributed by atoms with Crippen molar-refractivity contribution in [3.63, 3.8) is 0 Å². The summed E-state index contributed by atoms with van der Waals surface area (Å²) in [6, 6.07) is 9.42. The van der Waals surface area contributed by atoms with Crippen molar-refractivity contribution in [1.29, 1.82) is 0 Å². The minimum atomic E-state index is -4.56. The van der Waals surface area contributed by atoms with Crippen LogP contribution in [0.2, 0.25) is 0 Å². The van der Waals surface area contributed by atoms with Gasteiger partial charge in [0.05, 0.1) is 16.9 Å². The predicted molar refractivity (Wildman–Crippen MR) is 93.2 cm³/mol. The summed E-state index contributed by atoms with van der Waals surface area (Å²) in [7, 11) is 0. The van der Waals surface area contributed by atoms with E-state index in [1.54, 1.807) is 19.1 Å². The molecule has 2 aromatic rings. The standard InChI is InChI=1S/C19H19F3N2O2/c1-18(26)10-9-12-5-4-8-15(13(12)11-18)23-17(25)24-16-7-3-2-6-14(16)19(20,21)22/h2-8,26H,9-11H2,1H3,(H2,23,24,25)/t18-/m1/s1. The molecule has 2 aromatic carbocycles. The first-order chi connectivity index (χ1) is 12.2. The van der Waals surface area contributed by atoms with Crippen LogP contribution in [0.4, 0.5) is 29.3 Å². The highest BCUT2D eigenvalue weighted by molar-refractivity contribution is 6.00. The maximum absolute atomic E-state index is 13.0. The van der Waals surface area contributed by atoms with Gasteiger partial charge in [-0.3, -0.25) is 0 Å². The monoisotopic (exact) mass is 364 g/mol. The summed E-state index contributed by atoms with van der Waals surface area (Å²) in [5.74, 6) is 0. The van der Waals surface area contributed by atoms with E-state index in [1.165, 1.54) is 18.2 Å². The van der Waals surface area contributed by atoms with Crippen molar-refractivity contribution >= 4 is 17.4 Å². The van der Waals surface area contributed by atoms with Crippen LogP contribution in [-0.4, -0.2) is 16.7 Å². The number of benzene rings is 2. The van der Waals surface area contributed by atoms with E-state index in [9.17, 15) is 23.1 Å². The van der Waals surface area contributed by atoms with Gasteiger partial charge in [0.25, 0.3) is 0 Å². The summed E-state index contributed by atoms with van der Waals surface area (Å²) in [6.07, 6.45) is -2.89. The number of aryl methyl sites for hydroxylation is 1. The number of rotatable bonds is 2. The summed E-state index contributed by atoms with van der Waals surface area (Å²) in [6.45, 7) is 1.73. The molecular formula is C19H19F3N2O2. The number of urea groups is 1. The third kappa shape index (κ3) is 3.99. The Balaban J connectivity index is 1.81. The van der Waals surface area contributed by atoms with Crippen molar-refractivity contribution < 1.29 is 23.1 Å². The lowest BCUT2D eigenvalue weighted by atomic mass is 9.81. The second-order valence-corrected chi connectivity index (χ2v) is 6.74. The van der Waals surface area contributed by atoms with Gasteiger partial charge in [0.15, 0.2) is 0 Å². The summed E-state index contributed by atoms with van der Waals surface area (Å²) >= 11 is 0. The summed E-state index contributed by atoms with van der Waals surface area (Å²) in [5, 5.41) is 15.2. The first kappa shape index (κ1) is 18.3. The molecule has 0 saturated carbocycles. The number of hydrogen-bond acceptors (Lipinski definition) is 2. The van der Waals surface area contributed by atoms with Crippen LogP contribution >= 0.6 is 0 Å². The lowest BCUT2D eigenvalue weighted by Gasteiger charge is -2.31. The molecule has 0 heterocycles. The molecule has 1 aliphatic carbocycles. The van der Waals surface area contributed by atoms with Gasteiger partial charge < -0.3 is 15.7 Å². The van der Waals surface area contributed by atoms with Crippen LogP contribution < -0.4 is 10.6 Å². The molecule has 3 N–H and O–H groups in total. The second-order valence-electron chi connectivity index (χ2n) is 6.74. The van der Waals surface area contributed by atoms with Crippen LogP contribution in [0, 0.1) is 0 Å². The average Bonchev–Trinajstić information content (AvgIpc) is 2.54. The van der Waals surface area contributed by atoms with Crippen molar-refractivity contribution in [2.75, 3.05) is 10.6 Å². The minimum Gasteiger partial charge on any atom is -0.390 e. The number of nitrogens with one attached hydrogen (secondary N) is 2. The molecule has 0 bridgehead atoms. The number of anilines is 2. The van der Waals surface area contributed by atoms with Gasteiger partial charge in [0.1, 0.15) is 0 Å². The Labute approximate surface area is 149 Å². The van der Waals surface area contributed by atoms with E-state index in [0.29, 0.717) is 24.9 Å². The Morgan fingerprint density at radius 1 is 1.08 bits per heavy atom. The summed E-state index contributed by atoms with van der Waals surface area (Å²) in [5.41, 5.74) is 0.226. The van der Waals surface area contributed by atoms with Crippen molar-refractivity contribution in [3.8, 4) is 0 Å². The van der Waals surface area contributed by atoms with Crippen molar-refractivity contribution in [2.45, 2.75) is 38.0 Å². The first-order valence-electron chi connectivity index (χ1n) is 8.23. The van der Waals surface area contributed by atoms with Gasteiger partial charge in [0.2, 0.25) is 0 Å². The van der Waals surface area contributed by atoms with E-state index in [1.807, 2.05) is 6.07 Å². The van der Waals surface area contributed by atoms with Crippen LogP contribution in [0.3, 0.4) is 0 Å². The van der Waals surface area contributed by atoms with E-state index in [0.717, 1.165) is 17.2 Å². The molecule has 0 spiro atoms. The SMILES string of the molecule is C[C@@]1(O)CCc2cccc(NC(=O)Nc3ccccc3C(F)(F)F)c2C1. The number of aliphatic hydroxyl groups is 1. The molecule has 0 saturated heterocycles. The van der Waals surface area contributed by atoms with E-state index in [2.05, 4.69) is 10.6 Å². The maximum atomic E-state index is 13.0. The zero-order valence-corrected chi connectivity index (χ0v) is 14.2. The van der Waals surface area contributed by atoms with Gasteiger partial charge in [-0.1, -0.05) is 24.3 Å². The fourth-order valence-corrected chi connectivity index (χ4v) is 3.18. The van der Waals surface area contributed by atoms with Crippen molar-refractivity contribution in [2.24, 2.45) is 0 Å². The molecule has 0 unspecified atom stereocenters. The summed E-state index contributed by atoms with van der Waals surface area (Å²) < 4.78 is 39.1. The summed E-state index contributed by atoms with van der Waals surface area (Å²) in [4.78, 5) is 12.3. The molecular weight excluding hydrogens is 345 g/mol. The number of hydrogen-bond donors (Lipinski definition) is 3. The molecule has 0 radical (unpaired) electrons. The third-order valence-corrected chi connectivity index (χ3v) is 4.49. The Bertz CT molecular complexity index is 832. The smallest absolute Gasteiger partial charge is 0.390 e. The number of carbonyl (C=O) groups is 1. The topological polar surface area (TPSA) is 61.4 Å². The Kier molecular flexibility index (Phi) is 4.66. The zero-order valence-electron chi connectivity index (χ0n) is 14.2. The molecule has 138 valence electrons. The number of para-hydroxylation sites is 1. The molecule has 26 heavy (non-hydrogen) atoms. The van der Waals surface area contributed by atoms with Gasteiger partial charge in [-0.2, -0.15) is 13.2 Å². The number of fused-ring (bicyclic) bond motifs is 1.